The minimum Gasteiger partial charge on any atom is -0.481 e. The molecule has 0 aromatic rings. The summed E-state index contributed by atoms with van der Waals surface area (Å²) >= 11 is 0. The Morgan fingerprint density at radius 1 is 0.808 bits per heavy atom. The molecule has 0 saturated heterocycles. The van der Waals surface area contributed by atoms with Gasteiger partial charge in [0.2, 0.25) is 0 Å². The smallest absolute Gasteiger partial charge is 0.307 e. The number of carbonyl (C=O) groups excluding carboxylic acids is 2. The molecule has 2 atom stereocenters. The Balaban J connectivity index is 2.74. The van der Waals surface area contributed by atoms with Crippen molar-refractivity contribution in [3.8, 4) is 0 Å². The molecule has 0 aromatic heterocycles. The zero-order valence-electron chi connectivity index (χ0n) is 14.2. The van der Waals surface area contributed by atoms with E-state index in [-0.39, 0.29) is 22.7 Å². The maximum Gasteiger partial charge on any atom is 0.307 e. The van der Waals surface area contributed by atoms with Gasteiger partial charge in [0.15, 0.2) is 0 Å². The second-order valence-corrected chi connectivity index (χ2v) is 5.84. The molecular formula is C18H18O8. The molecule has 0 amide bonds. The number of aliphatic carboxylic acids is 2. The predicted octanol–water partition coefficient (Wildman–Crippen LogP) is 1.94. The first-order valence-electron chi connectivity index (χ1n) is 7.82. The molecule has 0 radical (unpaired) electrons. The quantitative estimate of drug-likeness (QED) is 0.686. The van der Waals surface area contributed by atoms with Crippen molar-refractivity contribution in [3.05, 3.63) is 47.0 Å². The monoisotopic (exact) mass is 362 g/mol. The molecule has 2 unspecified atom stereocenters. The second kappa shape index (κ2) is 7.81. The molecule has 0 saturated carbocycles. The Morgan fingerprint density at radius 2 is 1.15 bits per heavy atom. The fourth-order valence-corrected chi connectivity index (χ4v) is 3.07. The van der Waals surface area contributed by atoms with Crippen LogP contribution in [0.3, 0.4) is 0 Å². The lowest BCUT2D eigenvalue weighted by atomic mass is 9.75. The first kappa shape index (κ1) is 19.2. The topological polar surface area (TPSA) is 127 Å². The molecule has 0 heterocycles. The van der Waals surface area contributed by atoms with Crippen molar-refractivity contribution in [1.29, 1.82) is 0 Å². The lowest BCUT2D eigenvalue weighted by Crippen LogP contribution is -2.30. The minimum absolute atomic E-state index is 0.0348. The summed E-state index contributed by atoms with van der Waals surface area (Å²) in [5.41, 5.74) is 0.0695. The number of esters is 2. The van der Waals surface area contributed by atoms with Gasteiger partial charge in [-0.3, -0.25) is 19.2 Å². The molecule has 0 fully saturated rings. The van der Waals surface area contributed by atoms with Crippen LogP contribution >= 0.6 is 0 Å². The van der Waals surface area contributed by atoms with Crippen molar-refractivity contribution in [2.24, 2.45) is 11.8 Å². The van der Waals surface area contributed by atoms with Gasteiger partial charge in [-0.2, -0.15) is 0 Å². The number of carbonyl (C=O) groups is 4. The Bertz CT molecular complexity index is 715. The Kier molecular flexibility index (Phi) is 5.76. The summed E-state index contributed by atoms with van der Waals surface area (Å²) in [4.78, 5) is 45.8. The lowest BCUT2D eigenvalue weighted by Gasteiger charge is -2.35. The highest BCUT2D eigenvalue weighted by Gasteiger charge is 2.40. The highest BCUT2D eigenvalue weighted by Crippen LogP contribution is 2.45. The molecule has 0 spiro atoms. The van der Waals surface area contributed by atoms with Crippen LogP contribution in [0.25, 0.3) is 0 Å². The number of hydrogen-bond donors (Lipinski definition) is 2. The number of ether oxygens (including phenoxy) is 2. The third-order valence-electron chi connectivity index (χ3n) is 3.86. The van der Waals surface area contributed by atoms with E-state index in [9.17, 15) is 29.4 Å². The highest BCUT2D eigenvalue weighted by molar-refractivity contribution is 5.79. The van der Waals surface area contributed by atoms with E-state index in [4.69, 9.17) is 9.47 Å². The molecule has 138 valence electrons. The SMILES string of the molecule is CC(=O)OC1=C(CC(=O)O)C(CC(=O)O)=C(OC(C)=O)C2C=CC=CC12. The summed E-state index contributed by atoms with van der Waals surface area (Å²) in [5.74, 6) is -4.80. The van der Waals surface area contributed by atoms with Crippen LogP contribution in [0.15, 0.2) is 47.0 Å². The van der Waals surface area contributed by atoms with Gasteiger partial charge >= 0.3 is 23.9 Å². The van der Waals surface area contributed by atoms with Gasteiger partial charge in [0.1, 0.15) is 11.5 Å². The van der Waals surface area contributed by atoms with Crippen LogP contribution in [0.4, 0.5) is 0 Å². The molecule has 2 aliphatic rings. The van der Waals surface area contributed by atoms with Gasteiger partial charge in [-0.05, 0) is 0 Å². The summed E-state index contributed by atoms with van der Waals surface area (Å²) < 4.78 is 10.5. The molecular weight excluding hydrogens is 344 g/mol. The minimum atomic E-state index is -1.23. The summed E-state index contributed by atoms with van der Waals surface area (Å²) in [7, 11) is 0. The number of fused-ring (bicyclic) bond motifs is 1. The normalized spacial score (nSPS) is 21.3. The van der Waals surface area contributed by atoms with E-state index in [0.29, 0.717) is 0 Å². The lowest BCUT2D eigenvalue weighted by molar-refractivity contribution is -0.141. The molecule has 0 bridgehead atoms. The standard InChI is InChI=1S/C18H18O8/c1-9(19)25-17-11-5-3-4-6-12(11)18(26-10(2)20)14(8-16(23)24)13(17)7-15(21)22/h3-6,11-12H,7-8H2,1-2H3,(H,21,22)(H,23,24). The summed E-state index contributed by atoms with van der Waals surface area (Å²) in [6, 6.07) is 0. The van der Waals surface area contributed by atoms with Crippen LogP contribution in [-0.4, -0.2) is 34.1 Å². The number of allylic oxidation sites excluding steroid dienone is 4. The van der Waals surface area contributed by atoms with Crippen molar-refractivity contribution in [2.45, 2.75) is 26.7 Å². The Labute approximate surface area is 149 Å². The van der Waals surface area contributed by atoms with Crippen molar-refractivity contribution >= 4 is 23.9 Å². The van der Waals surface area contributed by atoms with Gasteiger partial charge in [0.25, 0.3) is 0 Å². The van der Waals surface area contributed by atoms with Gasteiger partial charge in [-0.25, -0.2) is 0 Å². The number of carboxylic acids is 2. The average molecular weight is 362 g/mol. The third-order valence-corrected chi connectivity index (χ3v) is 3.86. The van der Waals surface area contributed by atoms with E-state index in [2.05, 4.69) is 0 Å². The summed E-state index contributed by atoms with van der Waals surface area (Å²) in [6.07, 6.45) is 5.61. The molecule has 0 aromatic carbocycles. The first-order chi connectivity index (χ1) is 12.2. The van der Waals surface area contributed by atoms with E-state index in [1.54, 1.807) is 24.3 Å². The second-order valence-electron chi connectivity index (χ2n) is 5.84. The van der Waals surface area contributed by atoms with Crippen LogP contribution in [0, 0.1) is 11.8 Å². The van der Waals surface area contributed by atoms with Gasteiger partial charge < -0.3 is 19.7 Å². The van der Waals surface area contributed by atoms with Crippen LogP contribution in [0.5, 0.6) is 0 Å². The van der Waals surface area contributed by atoms with Crippen molar-refractivity contribution in [1.82, 2.24) is 0 Å². The average Bonchev–Trinajstić information content (AvgIpc) is 2.52. The van der Waals surface area contributed by atoms with Crippen molar-refractivity contribution in [2.75, 3.05) is 0 Å². The molecule has 26 heavy (non-hydrogen) atoms. The third kappa shape index (κ3) is 4.27. The van der Waals surface area contributed by atoms with Gasteiger partial charge in [-0.15, -0.1) is 0 Å². The van der Waals surface area contributed by atoms with Crippen LogP contribution in [0.2, 0.25) is 0 Å². The molecule has 2 aliphatic carbocycles. The molecule has 0 aliphatic heterocycles. The zero-order valence-corrected chi connectivity index (χ0v) is 14.2. The summed E-state index contributed by atoms with van der Waals surface area (Å²) in [5, 5.41) is 18.5. The van der Waals surface area contributed by atoms with Crippen molar-refractivity contribution in [3.63, 3.8) is 0 Å². The molecule has 2 rings (SSSR count). The molecule has 8 nitrogen and oxygen atoms in total. The zero-order chi connectivity index (χ0) is 19.4. The molecule has 8 heteroatoms. The number of carboxylic acid groups (broad SMARTS) is 2. The van der Waals surface area contributed by atoms with Crippen LogP contribution < -0.4 is 0 Å². The largest absolute Gasteiger partial charge is 0.481 e. The fraction of sp³-hybridized carbons (Fsp3) is 0.333. The predicted molar refractivity (Wildman–Crippen MR) is 87.3 cm³/mol. The van der Waals surface area contributed by atoms with Crippen molar-refractivity contribution < 1.29 is 38.9 Å². The van der Waals surface area contributed by atoms with Gasteiger partial charge in [0, 0.05) is 36.8 Å². The van der Waals surface area contributed by atoms with E-state index in [1.165, 1.54) is 13.8 Å². The Morgan fingerprint density at radius 3 is 1.42 bits per heavy atom. The van der Waals surface area contributed by atoms with E-state index in [0.717, 1.165) is 0 Å². The van der Waals surface area contributed by atoms with E-state index in [1.807, 2.05) is 0 Å². The fourth-order valence-electron chi connectivity index (χ4n) is 3.07. The van der Waals surface area contributed by atoms with E-state index < -0.39 is 48.6 Å². The first-order valence-corrected chi connectivity index (χ1v) is 7.82. The van der Waals surface area contributed by atoms with E-state index >= 15 is 0 Å². The number of hydrogen-bond acceptors (Lipinski definition) is 6. The Hall–Kier alpha value is -3.16. The maximum absolute atomic E-state index is 11.5. The summed E-state index contributed by atoms with van der Waals surface area (Å²) in [6.45, 7) is 2.34. The molecule has 2 N–H and O–H groups in total. The van der Waals surface area contributed by atoms with Gasteiger partial charge in [0.05, 0.1) is 12.8 Å². The van der Waals surface area contributed by atoms with Crippen LogP contribution in [-0.2, 0) is 28.7 Å². The van der Waals surface area contributed by atoms with Gasteiger partial charge in [-0.1, -0.05) is 24.3 Å². The number of rotatable bonds is 6. The van der Waals surface area contributed by atoms with Crippen LogP contribution in [0.1, 0.15) is 26.7 Å². The highest BCUT2D eigenvalue weighted by atomic mass is 16.5. The maximum atomic E-state index is 11.5.